The largest absolute Gasteiger partial charge is 0.326 e. The molecule has 0 radical (unpaired) electrons. The van der Waals surface area contributed by atoms with Crippen LogP contribution in [0.2, 0.25) is 0 Å². The topological polar surface area (TPSA) is 32.5 Å². The molecule has 0 spiro atoms. The SMILES string of the molecule is CC(N)C(c1cccc(F)c1)N1CCC2CCC(C1)N2C. The van der Waals surface area contributed by atoms with Gasteiger partial charge in [-0.3, -0.25) is 9.80 Å². The Labute approximate surface area is 126 Å². The van der Waals surface area contributed by atoms with E-state index in [1.165, 1.54) is 25.3 Å². The van der Waals surface area contributed by atoms with Crippen LogP contribution in [0.25, 0.3) is 0 Å². The van der Waals surface area contributed by atoms with Crippen LogP contribution in [0.3, 0.4) is 0 Å². The minimum absolute atomic E-state index is 0.00580. The number of rotatable bonds is 3. The van der Waals surface area contributed by atoms with Crippen LogP contribution in [0, 0.1) is 5.82 Å². The molecular weight excluding hydrogens is 265 g/mol. The number of fused-ring (bicyclic) bond motifs is 2. The van der Waals surface area contributed by atoms with Crippen LogP contribution in [0.4, 0.5) is 4.39 Å². The average Bonchev–Trinajstić information content (AvgIpc) is 2.66. The van der Waals surface area contributed by atoms with E-state index in [0.717, 1.165) is 18.7 Å². The van der Waals surface area contributed by atoms with Gasteiger partial charge < -0.3 is 5.73 Å². The lowest BCUT2D eigenvalue weighted by Crippen LogP contribution is -2.44. The first-order chi connectivity index (χ1) is 10.1. The smallest absolute Gasteiger partial charge is 0.123 e. The van der Waals surface area contributed by atoms with Gasteiger partial charge in [-0.25, -0.2) is 4.39 Å². The Hall–Kier alpha value is -0.970. The predicted octanol–water partition coefficient (Wildman–Crippen LogP) is 2.38. The Morgan fingerprint density at radius 2 is 2.00 bits per heavy atom. The molecule has 0 amide bonds. The van der Waals surface area contributed by atoms with Crippen molar-refractivity contribution in [2.75, 3.05) is 20.1 Å². The Balaban J connectivity index is 1.84. The molecule has 21 heavy (non-hydrogen) atoms. The standard InChI is InChI=1S/C17H26FN3/c1-12(19)17(13-4-3-5-14(18)10-13)21-9-8-15-6-7-16(11-21)20(15)2/h3-5,10,12,15-17H,6-9,11,19H2,1-2H3. The third kappa shape index (κ3) is 2.98. The maximum Gasteiger partial charge on any atom is 0.123 e. The Morgan fingerprint density at radius 1 is 1.24 bits per heavy atom. The van der Waals surface area contributed by atoms with Crippen LogP contribution < -0.4 is 5.73 Å². The first-order valence-corrected chi connectivity index (χ1v) is 8.03. The van der Waals surface area contributed by atoms with Crippen molar-refractivity contribution in [3.63, 3.8) is 0 Å². The van der Waals surface area contributed by atoms with Crippen molar-refractivity contribution in [1.29, 1.82) is 0 Å². The fourth-order valence-electron chi connectivity index (χ4n) is 4.13. The van der Waals surface area contributed by atoms with Crippen molar-refractivity contribution in [2.45, 2.75) is 50.4 Å². The molecule has 2 bridgehead atoms. The van der Waals surface area contributed by atoms with E-state index in [2.05, 4.69) is 16.8 Å². The molecule has 2 aliphatic rings. The van der Waals surface area contributed by atoms with E-state index >= 15 is 0 Å². The highest BCUT2D eigenvalue weighted by Crippen LogP contribution is 2.33. The number of benzene rings is 1. The summed E-state index contributed by atoms with van der Waals surface area (Å²) >= 11 is 0. The minimum atomic E-state index is -0.174. The molecule has 2 N–H and O–H groups in total. The number of hydrogen-bond acceptors (Lipinski definition) is 3. The van der Waals surface area contributed by atoms with Gasteiger partial charge in [0, 0.05) is 37.3 Å². The molecule has 3 nitrogen and oxygen atoms in total. The van der Waals surface area contributed by atoms with Crippen LogP contribution in [0.5, 0.6) is 0 Å². The summed E-state index contributed by atoms with van der Waals surface area (Å²) in [6.45, 7) is 4.12. The molecule has 0 aliphatic carbocycles. The van der Waals surface area contributed by atoms with Gasteiger partial charge in [-0.15, -0.1) is 0 Å². The highest BCUT2D eigenvalue weighted by atomic mass is 19.1. The van der Waals surface area contributed by atoms with Gasteiger partial charge in [0.15, 0.2) is 0 Å². The Bertz CT molecular complexity index is 491. The first-order valence-electron chi connectivity index (χ1n) is 8.03. The second kappa shape index (κ2) is 6.03. The molecule has 2 heterocycles. The monoisotopic (exact) mass is 291 g/mol. The molecule has 116 valence electrons. The zero-order valence-corrected chi connectivity index (χ0v) is 13.0. The van der Waals surface area contributed by atoms with Crippen molar-refractivity contribution in [2.24, 2.45) is 5.73 Å². The van der Waals surface area contributed by atoms with E-state index in [1.54, 1.807) is 12.1 Å². The number of likely N-dealkylation sites (N-methyl/N-ethyl adjacent to an activating group) is 1. The summed E-state index contributed by atoms with van der Waals surface area (Å²) in [6, 6.07) is 8.36. The third-order valence-electron chi connectivity index (χ3n) is 5.26. The van der Waals surface area contributed by atoms with Gasteiger partial charge >= 0.3 is 0 Å². The van der Waals surface area contributed by atoms with Gasteiger partial charge in [-0.05, 0) is 50.9 Å². The molecule has 4 heteroatoms. The number of halogens is 1. The van der Waals surface area contributed by atoms with Crippen LogP contribution in [-0.4, -0.2) is 48.1 Å². The van der Waals surface area contributed by atoms with Crippen LogP contribution in [0.15, 0.2) is 24.3 Å². The van der Waals surface area contributed by atoms with Crippen molar-refractivity contribution in [3.8, 4) is 0 Å². The zero-order valence-electron chi connectivity index (χ0n) is 13.0. The average molecular weight is 291 g/mol. The number of likely N-dealkylation sites (tertiary alicyclic amines) is 1. The summed E-state index contributed by atoms with van der Waals surface area (Å²) in [5, 5.41) is 0. The van der Waals surface area contributed by atoms with E-state index in [-0.39, 0.29) is 17.9 Å². The number of nitrogens with two attached hydrogens (primary N) is 1. The molecule has 2 fully saturated rings. The normalized spacial score (nSPS) is 30.1. The summed E-state index contributed by atoms with van der Waals surface area (Å²) in [4.78, 5) is 5.00. The lowest BCUT2D eigenvalue weighted by Gasteiger charge is -2.36. The van der Waals surface area contributed by atoms with Gasteiger partial charge in [-0.2, -0.15) is 0 Å². The van der Waals surface area contributed by atoms with Gasteiger partial charge in [0.25, 0.3) is 0 Å². The molecule has 2 aliphatic heterocycles. The lowest BCUT2D eigenvalue weighted by atomic mass is 9.97. The molecule has 0 saturated carbocycles. The summed E-state index contributed by atoms with van der Waals surface area (Å²) in [7, 11) is 2.24. The summed E-state index contributed by atoms with van der Waals surface area (Å²) < 4.78 is 13.6. The predicted molar refractivity (Wildman–Crippen MR) is 83.6 cm³/mol. The van der Waals surface area contributed by atoms with Crippen molar-refractivity contribution >= 4 is 0 Å². The first kappa shape index (κ1) is 14.9. The van der Waals surface area contributed by atoms with Gasteiger partial charge in [0.1, 0.15) is 5.82 Å². The van der Waals surface area contributed by atoms with Crippen LogP contribution >= 0.6 is 0 Å². The zero-order chi connectivity index (χ0) is 15.0. The summed E-state index contributed by atoms with van der Waals surface area (Å²) in [6.07, 6.45) is 3.77. The summed E-state index contributed by atoms with van der Waals surface area (Å²) in [5.41, 5.74) is 7.26. The summed E-state index contributed by atoms with van der Waals surface area (Å²) in [5.74, 6) is -0.174. The molecule has 2 saturated heterocycles. The number of hydrogen-bond donors (Lipinski definition) is 1. The third-order valence-corrected chi connectivity index (χ3v) is 5.26. The molecular formula is C17H26FN3. The fraction of sp³-hybridized carbons (Fsp3) is 0.647. The minimum Gasteiger partial charge on any atom is -0.326 e. The second-order valence-corrected chi connectivity index (χ2v) is 6.69. The quantitative estimate of drug-likeness (QED) is 0.928. The fourth-order valence-corrected chi connectivity index (χ4v) is 4.13. The van der Waals surface area contributed by atoms with Crippen molar-refractivity contribution < 1.29 is 4.39 Å². The second-order valence-electron chi connectivity index (χ2n) is 6.69. The number of nitrogens with zero attached hydrogens (tertiary/aromatic N) is 2. The lowest BCUT2D eigenvalue weighted by molar-refractivity contribution is 0.155. The molecule has 0 aromatic heterocycles. The van der Waals surface area contributed by atoms with Gasteiger partial charge in [-0.1, -0.05) is 12.1 Å². The van der Waals surface area contributed by atoms with E-state index in [4.69, 9.17) is 5.73 Å². The maximum absolute atomic E-state index is 13.6. The van der Waals surface area contributed by atoms with Gasteiger partial charge in [0.05, 0.1) is 0 Å². The van der Waals surface area contributed by atoms with E-state index < -0.39 is 0 Å². The van der Waals surface area contributed by atoms with E-state index in [0.29, 0.717) is 12.1 Å². The molecule has 3 rings (SSSR count). The maximum atomic E-state index is 13.6. The molecule has 4 atom stereocenters. The molecule has 1 aromatic rings. The van der Waals surface area contributed by atoms with E-state index in [1.807, 2.05) is 13.0 Å². The van der Waals surface area contributed by atoms with Crippen LogP contribution in [-0.2, 0) is 0 Å². The molecule has 1 aromatic carbocycles. The van der Waals surface area contributed by atoms with Gasteiger partial charge in [0.2, 0.25) is 0 Å². The van der Waals surface area contributed by atoms with Crippen LogP contribution in [0.1, 0.15) is 37.8 Å². The van der Waals surface area contributed by atoms with Crippen molar-refractivity contribution in [3.05, 3.63) is 35.6 Å². The molecule has 4 unspecified atom stereocenters. The Kier molecular flexibility index (Phi) is 4.29. The van der Waals surface area contributed by atoms with E-state index in [9.17, 15) is 4.39 Å². The highest BCUT2D eigenvalue weighted by molar-refractivity contribution is 5.22. The van der Waals surface area contributed by atoms with Crippen molar-refractivity contribution in [1.82, 2.24) is 9.80 Å². The Morgan fingerprint density at radius 3 is 2.71 bits per heavy atom. The highest BCUT2D eigenvalue weighted by Gasteiger charge is 2.37.